The standard InChI is InChI=1S/C37H30Cl2N4O5S2/c1-2-48-32(44)21-28-22-49-37(41-28)43-36(47)33(23-10-5-3-6-11-23)50-29-15-9-14-27(20-29)40-35(46)31(18-25-16-17-26(38)19-30(25)39)42-34(45)24-12-7-4-8-13-24/h3-20,22,33H,2,21H2,1H3,(H,40,46)(H,42,45)(H,41,43,47)/b31-18+. The maximum Gasteiger partial charge on any atom is 0.311 e. The first kappa shape index (κ1) is 36.3. The molecule has 1 unspecified atom stereocenters. The second-order valence-electron chi connectivity index (χ2n) is 10.5. The van der Waals surface area contributed by atoms with Crippen molar-refractivity contribution < 1.29 is 23.9 Å². The van der Waals surface area contributed by atoms with Gasteiger partial charge in [-0.25, -0.2) is 4.98 Å². The third kappa shape index (κ3) is 10.3. The molecule has 3 N–H and O–H groups in total. The fraction of sp³-hybridized carbons (Fsp3) is 0.108. The Morgan fingerprint density at radius 3 is 2.36 bits per heavy atom. The number of esters is 1. The summed E-state index contributed by atoms with van der Waals surface area (Å²) in [5, 5.41) is 10.5. The maximum atomic E-state index is 13.7. The quantitative estimate of drug-likeness (QED) is 0.0628. The molecule has 5 rings (SSSR count). The number of thiazole rings is 1. The molecular weight excluding hydrogens is 715 g/mol. The lowest BCUT2D eigenvalue weighted by Gasteiger charge is -2.17. The van der Waals surface area contributed by atoms with Gasteiger partial charge in [0.05, 0.1) is 18.7 Å². The van der Waals surface area contributed by atoms with Crippen LogP contribution in [0.15, 0.2) is 119 Å². The fourth-order valence-electron chi connectivity index (χ4n) is 4.58. The Morgan fingerprint density at radius 2 is 1.64 bits per heavy atom. The number of halogens is 2. The number of carbonyl (C=O) groups is 4. The first-order valence-electron chi connectivity index (χ1n) is 15.3. The van der Waals surface area contributed by atoms with Gasteiger partial charge in [-0.05, 0) is 66.6 Å². The number of carbonyl (C=O) groups excluding carboxylic acids is 4. The highest BCUT2D eigenvalue weighted by Crippen LogP contribution is 2.37. The normalized spacial score (nSPS) is 11.7. The van der Waals surface area contributed by atoms with E-state index >= 15 is 0 Å². The smallest absolute Gasteiger partial charge is 0.311 e. The molecule has 0 fully saturated rings. The van der Waals surface area contributed by atoms with Gasteiger partial charge in [-0.3, -0.25) is 19.2 Å². The summed E-state index contributed by atoms with van der Waals surface area (Å²) < 4.78 is 4.99. The van der Waals surface area contributed by atoms with E-state index in [-0.39, 0.29) is 24.6 Å². The maximum absolute atomic E-state index is 13.7. The van der Waals surface area contributed by atoms with Crippen molar-refractivity contribution in [3.05, 3.63) is 147 Å². The highest BCUT2D eigenvalue weighted by molar-refractivity contribution is 8.00. The van der Waals surface area contributed by atoms with Gasteiger partial charge < -0.3 is 20.7 Å². The molecule has 50 heavy (non-hydrogen) atoms. The van der Waals surface area contributed by atoms with Crippen LogP contribution >= 0.6 is 46.3 Å². The average Bonchev–Trinajstić information content (AvgIpc) is 3.54. The van der Waals surface area contributed by atoms with E-state index in [0.717, 1.165) is 5.56 Å². The van der Waals surface area contributed by atoms with Gasteiger partial charge in [-0.1, -0.05) is 83.9 Å². The number of nitrogens with zero attached hydrogens (tertiary/aromatic N) is 1. The first-order chi connectivity index (χ1) is 24.2. The van der Waals surface area contributed by atoms with Crippen molar-refractivity contribution in [2.24, 2.45) is 0 Å². The van der Waals surface area contributed by atoms with Crippen molar-refractivity contribution >= 4 is 86.9 Å². The zero-order valence-corrected chi connectivity index (χ0v) is 29.7. The number of ether oxygens (including phenoxy) is 1. The molecule has 1 aromatic heterocycles. The highest BCUT2D eigenvalue weighted by atomic mass is 35.5. The molecule has 5 aromatic rings. The molecule has 3 amide bonds. The number of benzene rings is 4. The Hall–Kier alpha value is -4.94. The van der Waals surface area contributed by atoms with Crippen LogP contribution in [0.25, 0.3) is 6.08 Å². The lowest BCUT2D eigenvalue weighted by molar-refractivity contribution is -0.142. The zero-order chi connectivity index (χ0) is 35.5. The third-order valence-electron chi connectivity index (χ3n) is 6.89. The van der Waals surface area contributed by atoms with Crippen LogP contribution in [0.5, 0.6) is 0 Å². The molecule has 0 aliphatic rings. The summed E-state index contributed by atoms with van der Waals surface area (Å²) in [5.74, 6) is -1.79. The van der Waals surface area contributed by atoms with E-state index < -0.39 is 23.0 Å². The number of nitrogens with one attached hydrogen (secondary N) is 3. The third-order valence-corrected chi connectivity index (χ3v) is 9.51. The van der Waals surface area contributed by atoms with E-state index in [9.17, 15) is 19.2 Å². The monoisotopic (exact) mass is 744 g/mol. The Labute approximate surface area is 307 Å². The Morgan fingerprint density at radius 1 is 0.900 bits per heavy atom. The summed E-state index contributed by atoms with van der Waals surface area (Å²) in [4.78, 5) is 57.3. The molecule has 0 aliphatic heterocycles. The van der Waals surface area contributed by atoms with Crippen LogP contribution in [0.2, 0.25) is 10.0 Å². The van der Waals surface area contributed by atoms with E-state index in [1.54, 1.807) is 79.0 Å². The Bertz CT molecular complexity index is 2020. The molecule has 254 valence electrons. The minimum Gasteiger partial charge on any atom is -0.466 e. The minimum atomic E-state index is -0.688. The van der Waals surface area contributed by atoms with Crippen LogP contribution in [-0.4, -0.2) is 35.3 Å². The zero-order valence-electron chi connectivity index (χ0n) is 26.5. The molecule has 4 aromatic carbocycles. The molecule has 1 heterocycles. The molecule has 0 radical (unpaired) electrons. The van der Waals surface area contributed by atoms with Crippen LogP contribution in [0.1, 0.15) is 39.4 Å². The second-order valence-corrected chi connectivity index (χ2v) is 13.4. The van der Waals surface area contributed by atoms with Crippen LogP contribution in [0, 0.1) is 0 Å². The van der Waals surface area contributed by atoms with Crippen LogP contribution < -0.4 is 16.0 Å². The lowest BCUT2D eigenvalue weighted by Crippen LogP contribution is -2.30. The Balaban J connectivity index is 1.35. The number of amides is 3. The summed E-state index contributed by atoms with van der Waals surface area (Å²) in [7, 11) is 0. The van der Waals surface area contributed by atoms with E-state index in [2.05, 4.69) is 20.9 Å². The van der Waals surface area contributed by atoms with Gasteiger partial charge in [0, 0.05) is 31.6 Å². The van der Waals surface area contributed by atoms with E-state index in [0.29, 0.717) is 42.6 Å². The van der Waals surface area contributed by atoms with E-state index in [1.807, 2.05) is 36.4 Å². The largest absolute Gasteiger partial charge is 0.466 e. The van der Waals surface area contributed by atoms with Gasteiger partial charge in [0.25, 0.3) is 11.8 Å². The summed E-state index contributed by atoms with van der Waals surface area (Å²) >= 11 is 15.0. The summed E-state index contributed by atoms with van der Waals surface area (Å²) in [6.45, 7) is 2.00. The number of hydrogen-bond donors (Lipinski definition) is 3. The van der Waals surface area contributed by atoms with Gasteiger partial charge in [-0.2, -0.15) is 0 Å². The van der Waals surface area contributed by atoms with Crippen LogP contribution in [0.3, 0.4) is 0 Å². The SMILES string of the molecule is CCOC(=O)Cc1csc(NC(=O)C(Sc2cccc(NC(=O)/C(=C\c3ccc(Cl)cc3Cl)NC(=O)c3ccccc3)c2)c2ccccc2)n1. The van der Waals surface area contributed by atoms with Crippen molar-refractivity contribution in [2.75, 3.05) is 17.2 Å². The summed E-state index contributed by atoms with van der Waals surface area (Å²) in [5.41, 5.74) is 2.48. The second kappa shape index (κ2) is 17.6. The molecular formula is C37H30Cl2N4O5S2. The summed E-state index contributed by atoms with van der Waals surface area (Å²) in [6, 6.07) is 29.6. The number of anilines is 2. The predicted molar refractivity (Wildman–Crippen MR) is 200 cm³/mol. The van der Waals surface area contributed by atoms with Gasteiger partial charge in [0.1, 0.15) is 10.9 Å². The number of aromatic nitrogens is 1. The molecule has 0 saturated heterocycles. The van der Waals surface area contributed by atoms with Crippen molar-refractivity contribution in [3.63, 3.8) is 0 Å². The van der Waals surface area contributed by atoms with Gasteiger partial charge in [0.15, 0.2) is 5.13 Å². The molecule has 0 spiro atoms. The number of thioether (sulfide) groups is 1. The van der Waals surface area contributed by atoms with Gasteiger partial charge >= 0.3 is 5.97 Å². The number of rotatable bonds is 13. The fourth-order valence-corrected chi connectivity index (χ4v) is 6.84. The van der Waals surface area contributed by atoms with Gasteiger partial charge in [-0.15, -0.1) is 23.1 Å². The molecule has 0 bridgehead atoms. The highest BCUT2D eigenvalue weighted by Gasteiger charge is 2.24. The lowest BCUT2D eigenvalue weighted by atomic mass is 10.1. The molecule has 9 nitrogen and oxygen atoms in total. The predicted octanol–water partition coefficient (Wildman–Crippen LogP) is 8.44. The van der Waals surface area contributed by atoms with Crippen molar-refractivity contribution in [1.29, 1.82) is 0 Å². The average molecular weight is 746 g/mol. The van der Waals surface area contributed by atoms with Crippen molar-refractivity contribution in [2.45, 2.75) is 23.5 Å². The first-order valence-corrected chi connectivity index (χ1v) is 17.8. The molecule has 0 aliphatic carbocycles. The molecule has 13 heteroatoms. The van der Waals surface area contributed by atoms with Crippen molar-refractivity contribution in [1.82, 2.24) is 10.3 Å². The van der Waals surface area contributed by atoms with E-state index in [1.165, 1.54) is 29.2 Å². The number of hydrogen-bond acceptors (Lipinski definition) is 8. The van der Waals surface area contributed by atoms with E-state index in [4.69, 9.17) is 27.9 Å². The topological polar surface area (TPSA) is 126 Å². The Kier molecular flexibility index (Phi) is 12.8. The summed E-state index contributed by atoms with van der Waals surface area (Å²) in [6.07, 6.45) is 1.48. The van der Waals surface area contributed by atoms with Gasteiger partial charge in [0.2, 0.25) is 5.91 Å². The minimum absolute atomic E-state index is 0.00909. The molecule has 1 atom stereocenters. The van der Waals surface area contributed by atoms with Crippen LogP contribution in [0.4, 0.5) is 10.8 Å². The van der Waals surface area contributed by atoms with Crippen LogP contribution in [-0.2, 0) is 25.5 Å². The van der Waals surface area contributed by atoms with Crippen molar-refractivity contribution in [3.8, 4) is 0 Å². The molecule has 0 saturated carbocycles.